The predicted octanol–water partition coefficient (Wildman–Crippen LogP) is 5.77. The van der Waals surface area contributed by atoms with E-state index in [1.54, 1.807) is 16.8 Å². The van der Waals surface area contributed by atoms with Gasteiger partial charge in [-0.05, 0) is 18.2 Å². The van der Waals surface area contributed by atoms with Gasteiger partial charge in [-0.2, -0.15) is 0 Å². The van der Waals surface area contributed by atoms with Crippen LogP contribution >= 0.6 is 23.1 Å². The van der Waals surface area contributed by atoms with Gasteiger partial charge in [-0.1, -0.05) is 71.6 Å². The molecular weight excluding hydrogens is 458 g/mol. The maximum Gasteiger partial charge on any atom is 0.270 e. The summed E-state index contributed by atoms with van der Waals surface area (Å²) < 4.78 is 1.61. The Balaban J connectivity index is 1.42. The monoisotopic (exact) mass is 473 g/mol. The molecule has 3 aromatic carbocycles. The summed E-state index contributed by atoms with van der Waals surface area (Å²) in [5.41, 5.74) is 1.81. The van der Waals surface area contributed by atoms with Crippen molar-refractivity contribution in [1.82, 2.24) is 14.6 Å². The number of hydrogen-bond acceptors (Lipinski definition) is 7. The Bertz CT molecular complexity index is 1430. The standard InChI is InChI=1S/C23H15N5O3S2/c29-21(18-13-16(28(30)31)11-12-20(18)32-17-9-5-2-6-10-17)25-22-26-27-14-19(24-23(27)33-22)15-7-3-1-4-8-15/h1-14H,(H,25,26,29). The number of amides is 1. The molecule has 0 saturated heterocycles. The molecule has 33 heavy (non-hydrogen) atoms. The van der Waals surface area contributed by atoms with E-state index in [0.717, 1.165) is 16.2 Å². The van der Waals surface area contributed by atoms with Gasteiger partial charge in [-0.25, -0.2) is 9.50 Å². The van der Waals surface area contributed by atoms with Crippen molar-refractivity contribution < 1.29 is 9.72 Å². The molecule has 5 rings (SSSR count). The summed E-state index contributed by atoms with van der Waals surface area (Å²) >= 11 is 2.59. The Morgan fingerprint density at radius 3 is 2.45 bits per heavy atom. The van der Waals surface area contributed by atoms with Gasteiger partial charge in [0, 0.05) is 27.5 Å². The molecule has 8 nitrogen and oxygen atoms in total. The van der Waals surface area contributed by atoms with Crippen LogP contribution in [-0.4, -0.2) is 25.4 Å². The van der Waals surface area contributed by atoms with Crippen molar-refractivity contribution in [3.8, 4) is 11.3 Å². The smallest absolute Gasteiger partial charge is 0.270 e. The van der Waals surface area contributed by atoms with Crippen molar-refractivity contribution in [3.63, 3.8) is 0 Å². The highest BCUT2D eigenvalue weighted by Crippen LogP contribution is 2.33. The number of nitrogens with zero attached hydrogens (tertiary/aromatic N) is 4. The molecule has 10 heteroatoms. The third kappa shape index (κ3) is 4.47. The zero-order valence-corrected chi connectivity index (χ0v) is 18.5. The van der Waals surface area contributed by atoms with Crippen LogP contribution in [0.4, 0.5) is 10.8 Å². The van der Waals surface area contributed by atoms with E-state index in [-0.39, 0.29) is 11.3 Å². The molecule has 1 N–H and O–H groups in total. The number of nitro benzene ring substituents is 1. The largest absolute Gasteiger partial charge is 0.296 e. The van der Waals surface area contributed by atoms with Gasteiger partial charge in [0.05, 0.1) is 22.4 Å². The molecule has 0 aliphatic rings. The van der Waals surface area contributed by atoms with Crippen molar-refractivity contribution in [2.45, 2.75) is 9.79 Å². The lowest BCUT2D eigenvalue weighted by molar-refractivity contribution is -0.384. The lowest BCUT2D eigenvalue weighted by Gasteiger charge is -2.08. The van der Waals surface area contributed by atoms with Crippen LogP contribution in [0.2, 0.25) is 0 Å². The Hall–Kier alpha value is -4.02. The number of anilines is 1. The second kappa shape index (κ2) is 8.85. The number of hydrogen-bond donors (Lipinski definition) is 1. The van der Waals surface area contributed by atoms with Gasteiger partial charge < -0.3 is 0 Å². The molecule has 0 fully saturated rings. The van der Waals surface area contributed by atoms with Gasteiger partial charge in [0.1, 0.15) is 0 Å². The van der Waals surface area contributed by atoms with Crippen LogP contribution in [0.25, 0.3) is 16.2 Å². The number of nitrogens with one attached hydrogen (secondary N) is 1. The van der Waals surface area contributed by atoms with E-state index in [1.165, 1.54) is 35.2 Å². The fraction of sp³-hybridized carbons (Fsp3) is 0. The van der Waals surface area contributed by atoms with Crippen molar-refractivity contribution >= 4 is 44.8 Å². The highest BCUT2D eigenvalue weighted by Gasteiger charge is 2.20. The Labute approximate surface area is 196 Å². The number of carbonyl (C=O) groups is 1. The lowest BCUT2D eigenvalue weighted by Crippen LogP contribution is -2.13. The van der Waals surface area contributed by atoms with Gasteiger partial charge in [0.15, 0.2) is 0 Å². The molecule has 0 aliphatic carbocycles. The molecule has 0 bridgehead atoms. The number of aromatic nitrogens is 3. The first-order valence-electron chi connectivity index (χ1n) is 9.81. The van der Waals surface area contributed by atoms with E-state index in [1.807, 2.05) is 60.7 Å². The topological polar surface area (TPSA) is 102 Å². The molecule has 2 aromatic heterocycles. The number of non-ortho nitro benzene ring substituents is 1. The second-order valence-electron chi connectivity index (χ2n) is 6.93. The van der Waals surface area contributed by atoms with Crippen molar-refractivity contribution in [1.29, 1.82) is 0 Å². The van der Waals surface area contributed by atoms with Crippen molar-refractivity contribution in [2.24, 2.45) is 0 Å². The summed E-state index contributed by atoms with van der Waals surface area (Å²) in [5, 5.41) is 18.8. The van der Waals surface area contributed by atoms with Crippen LogP contribution in [0, 0.1) is 10.1 Å². The average Bonchev–Trinajstić information content (AvgIpc) is 3.39. The van der Waals surface area contributed by atoms with E-state index < -0.39 is 10.8 Å². The highest BCUT2D eigenvalue weighted by molar-refractivity contribution is 7.99. The third-order valence-corrected chi connectivity index (χ3v) is 6.64. The molecule has 0 radical (unpaired) electrons. The minimum Gasteiger partial charge on any atom is -0.296 e. The average molecular weight is 474 g/mol. The lowest BCUT2D eigenvalue weighted by atomic mass is 10.2. The Morgan fingerprint density at radius 1 is 1.03 bits per heavy atom. The van der Waals surface area contributed by atoms with Crippen LogP contribution < -0.4 is 5.32 Å². The SMILES string of the molecule is O=C(Nc1nn2cc(-c3ccccc3)nc2s1)c1cc([N+](=O)[O-])ccc1Sc1ccccc1. The number of benzene rings is 3. The summed E-state index contributed by atoms with van der Waals surface area (Å²) in [6, 6.07) is 23.5. The molecule has 0 atom stereocenters. The van der Waals surface area contributed by atoms with Crippen molar-refractivity contribution in [2.75, 3.05) is 5.32 Å². The number of rotatable bonds is 6. The molecule has 0 spiro atoms. The van der Waals surface area contributed by atoms with Gasteiger partial charge in [0.2, 0.25) is 10.1 Å². The minimum atomic E-state index is -0.518. The number of fused-ring (bicyclic) bond motifs is 1. The summed E-state index contributed by atoms with van der Waals surface area (Å²) in [7, 11) is 0. The Morgan fingerprint density at radius 2 is 1.76 bits per heavy atom. The highest BCUT2D eigenvalue weighted by atomic mass is 32.2. The van der Waals surface area contributed by atoms with E-state index in [0.29, 0.717) is 15.0 Å². The third-order valence-electron chi connectivity index (χ3n) is 4.72. The van der Waals surface area contributed by atoms with E-state index >= 15 is 0 Å². The van der Waals surface area contributed by atoms with Crippen LogP contribution in [-0.2, 0) is 0 Å². The molecule has 162 valence electrons. The van der Waals surface area contributed by atoms with Gasteiger partial charge in [0.25, 0.3) is 11.6 Å². The first-order valence-corrected chi connectivity index (χ1v) is 11.4. The molecular formula is C23H15N5O3S2. The van der Waals surface area contributed by atoms with E-state index in [9.17, 15) is 14.9 Å². The van der Waals surface area contributed by atoms with Gasteiger partial charge in [-0.15, -0.1) is 5.10 Å². The summed E-state index contributed by atoms with van der Waals surface area (Å²) in [6.07, 6.45) is 1.79. The van der Waals surface area contributed by atoms with Crippen LogP contribution in [0.1, 0.15) is 10.4 Å². The van der Waals surface area contributed by atoms with Gasteiger partial charge >= 0.3 is 0 Å². The molecule has 0 aliphatic heterocycles. The Kier molecular flexibility index (Phi) is 5.59. The fourth-order valence-corrected chi connectivity index (χ4v) is 4.90. The summed E-state index contributed by atoms with van der Waals surface area (Å²) in [6.45, 7) is 0. The zero-order chi connectivity index (χ0) is 22.8. The first kappa shape index (κ1) is 20.9. The van der Waals surface area contributed by atoms with E-state index in [4.69, 9.17) is 0 Å². The number of nitro groups is 1. The zero-order valence-electron chi connectivity index (χ0n) is 16.9. The summed E-state index contributed by atoms with van der Waals surface area (Å²) in [5.74, 6) is -0.475. The van der Waals surface area contributed by atoms with Crippen molar-refractivity contribution in [3.05, 3.63) is 101 Å². The first-order chi connectivity index (χ1) is 16.1. The number of imidazole rings is 1. The molecule has 1 amide bonds. The normalized spacial score (nSPS) is 10.9. The predicted molar refractivity (Wildman–Crippen MR) is 128 cm³/mol. The quantitative estimate of drug-likeness (QED) is 0.248. The maximum absolute atomic E-state index is 13.1. The van der Waals surface area contributed by atoms with Crippen LogP contribution in [0.3, 0.4) is 0 Å². The molecule has 5 aromatic rings. The minimum absolute atomic E-state index is 0.154. The molecule has 0 saturated carbocycles. The fourth-order valence-electron chi connectivity index (χ4n) is 3.18. The van der Waals surface area contributed by atoms with E-state index in [2.05, 4.69) is 15.4 Å². The maximum atomic E-state index is 13.1. The molecule has 2 heterocycles. The summed E-state index contributed by atoms with van der Waals surface area (Å²) in [4.78, 5) is 30.6. The van der Waals surface area contributed by atoms with Crippen LogP contribution in [0.15, 0.2) is 94.9 Å². The van der Waals surface area contributed by atoms with Gasteiger partial charge in [-0.3, -0.25) is 20.2 Å². The van der Waals surface area contributed by atoms with Crippen LogP contribution in [0.5, 0.6) is 0 Å². The second-order valence-corrected chi connectivity index (χ2v) is 9.00. The molecule has 0 unspecified atom stereocenters. The number of carbonyl (C=O) groups excluding carboxylic acids is 1.